The molecule has 0 aliphatic carbocycles. The van der Waals surface area contributed by atoms with Crippen LogP contribution in [0.5, 0.6) is 0 Å². The summed E-state index contributed by atoms with van der Waals surface area (Å²) >= 11 is 0. The molecule has 2 heteroatoms. The van der Waals surface area contributed by atoms with Gasteiger partial charge in [-0.25, -0.2) is 0 Å². The number of benzene rings is 1. The van der Waals surface area contributed by atoms with Crippen LogP contribution in [-0.4, -0.2) is 18.6 Å². The van der Waals surface area contributed by atoms with Gasteiger partial charge in [-0.3, -0.25) is 0 Å². The molecule has 1 aromatic carbocycles. The summed E-state index contributed by atoms with van der Waals surface area (Å²) in [6.07, 6.45) is 4.76. The van der Waals surface area contributed by atoms with E-state index < -0.39 is 0 Å². The molecule has 0 saturated carbocycles. The van der Waals surface area contributed by atoms with Crippen LogP contribution in [-0.2, 0) is 6.42 Å². The zero-order chi connectivity index (χ0) is 12.5. The lowest BCUT2D eigenvalue weighted by atomic mass is 10.1. The first-order chi connectivity index (χ1) is 8.22. The highest BCUT2D eigenvalue weighted by Gasteiger charge is 2.06. The summed E-state index contributed by atoms with van der Waals surface area (Å²) in [6, 6.07) is 11.2. The van der Waals surface area contributed by atoms with E-state index in [9.17, 15) is 0 Å². The van der Waals surface area contributed by atoms with Gasteiger partial charge in [0.2, 0.25) is 0 Å². The van der Waals surface area contributed by atoms with Gasteiger partial charge in [-0.15, -0.1) is 0 Å². The third-order valence-corrected chi connectivity index (χ3v) is 3.06. The van der Waals surface area contributed by atoms with Crippen molar-refractivity contribution in [1.29, 1.82) is 0 Å². The van der Waals surface area contributed by atoms with Gasteiger partial charge in [-0.2, -0.15) is 0 Å². The highest BCUT2D eigenvalue weighted by Crippen LogP contribution is 2.03. The standard InChI is InChI=1S/C15H26N2/c1-3-4-8-13(2)17-12-15(16)11-14-9-6-5-7-10-14/h5-7,9-10,13,15,17H,3-4,8,11-12,16H2,1-2H3. The molecule has 0 amide bonds. The molecule has 0 saturated heterocycles. The Kier molecular flexibility index (Phi) is 6.90. The maximum Gasteiger partial charge on any atom is 0.0206 e. The highest BCUT2D eigenvalue weighted by atomic mass is 14.9. The molecule has 2 nitrogen and oxygen atoms in total. The maximum absolute atomic E-state index is 6.12. The Morgan fingerprint density at radius 1 is 1.24 bits per heavy atom. The Balaban J connectivity index is 2.19. The summed E-state index contributed by atoms with van der Waals surface area (Å²) in [5.74, 6) is 0. The van der Waals surface area contributed by atoms with Crippen LogP contribution in [0, 0.1) is 0 Å². The van der Waals surface area contributed by atoms with Crippen LogP contribution in [0.2, 0.25) is 0 Å². The van der Waals surface area contributed by atoms with Crippen molar-refractivity contribution >= 4 is 0 Å². The second kappa shape index (κ2) is 8.26. The third-order valence-electron chi connectivity index (χ3n) is 3.06. The Morgan fingerprint density at radius 3 is 2.59 bits per heavy atom. The molecule has 17 heavy (non-hydrogen) atoms. The Morgan fingerprint density at radius 2 is 1.94 bits per heavy atom. The van der Waals surface area contributed by atoms with E-state index in [2.05, 4.69) is 43.4 Å². The monoisotopic (exact) mass is 234 g/mol. The minimum absolute atomic E-state index is 0.210. The molecule has 2 unspecified atom stereocenters. The lowest BCUT2D eigenvalue weighted by Gasteiger charge is -2.17. The molecule has 1 aromatic rings. The van der Waals surface area contributed by atoms with Crippen molar-refractivity contribution in [3.05, 3.63) is 35.9 Å². The minimum atomic E-state index is 0.210. The molecule has 1 rings (SSSR count). The van der Waals surface area contributed by atoms with Crippen molar-refractivity contribution in [1.82, 2.24) is 5.32 Å². The molecule has 0 heterocycles. The van der Waals surface area contributed by atoms with E-state index in [1.54, 1.807) is 0 Å². The van der Waals surface area contributed by atoms with E-state index in [0.29, 0.717) is 6.04 Å². The van der Waals surface area contributed by atoms with E-state index in [1.165, 1.54) is 24.8 Å². The van der Waals surface area contributed by atoms with Crippen LogP contribution in [0.4, 0.5) is 0 Å². The fraction of sp³-hybridized carbons (Fsp3) is 0.600. The third kappa shape index (κ3) is 6.44. The van der Waals surface area contributed by atoms with E-state index >= 15 is 0 Å². The van der Waals surface area contributed by atoms with Gasteiger partial charge in [-0.1, -0.05) is 50.1 Å². The van der Waals surface area contributed by atoms with Gasteiger partial charge >= 0.3 is 0 Å². The van der Waals surface area contributed by atoms with Crippen molar-refractivity contribution in [3.8, 4) is 0 Å². The lowest BCUT2D eigenvalue weighted by molar-refractivity contribution is 0.466. The first-order valence-electron chi connectivity index (χ1n) is 6.75. The second-order valence-corrected chi connectivity index (χ2v) is 4.90. The van der Waals surface area contributed by atoms with Crippen molar-refractivity contribution in [2.24, 2.45) is 5.73 Å². The highest BCUT2D eigenvalue weighted by molar-refractivity contribution is 5.15. The fourth-order valence-corrected chi connectivity index (χ4v) is 1.95. The average molecular weight is 234 g/mol. The smallest absolute Gasteiger partial charge is 0.0206 e. The Bertz CT molecular complexity index is 284. The van der Waals surface area contributed by atoms with Gasteiger partial charge < -0.3 is 11.1 Å². The van der Waals surface area contributed by atoms with Gasteiger partial charge in [0.25, 0.3) is 0 Å². The van der Waals surface area contributed by atoms with E-state index in [1.807, 2.05) is 6.07 Å². The zero-order valence-electron chi connectivity index (χ0n) is 11.2. The van der Waals surface area contributed by atoms with E-state index in [-0.39, 0.29) is 6.04 Å². The van der Waals surface area contributed by atoms with Gasteiger partial charge in [0.1, 0.15) is 0 Å². The summed E-state index contributed by atoms with van der Waals surface area (Å²) in [7, 11) is 0. The molecular weight excluding hydrogens is 208 g/mol. The lowest BCUT2D eigenvalue weighted by Crippen LogP contribution is -2.39. The predicted molar refractivity (Wildman–Crippen MR) is 75.1 cm³/mol. The molecule has 0 fully saturated rings. The van der Waals surface area contributed by atoms with Crippen molar-refractivity contribution in [3.63, 3.8) is 0 Å². The molecular formula is C15H26N2. The van der Waals surface area contributed by atoms with Gasteiger partial charge in [0.05, 0.1) is 0 Å². The second-order valence-electron chi connectivity index (χ2n) is 4.90. The Hall–Kier alpha value is -0.860. The van der Waals surface area contributed by atoms with Crippen LogP contribution in [0.15, 0.2) is 30.3 Å². The van der Waals surface area contributed by atoms with Crippen LogP contribution in [0.3, 0.4) is 0 Å². The van der Waals surface area contributed by atoms with Crippen LogP contribution in [0.1, 0.15) is 38.7 Å². The number of hydrogen-bond acceptors (Lipinski definition) is 2. The molecule has 0 aliphatic heterocycles. The number of nitrogens with two attached hydrogens (primary N) is 1. The Labute approximate surface area is 106 Å². The number of rotatable bonds is 8. The van der Waals surface area contributed by atoms with Gasteiger partial charge in [0, 0.05) is 18.6 Å². The quantitative estimate of drug-likeness (QED) is 0.726. The summed E-state index contributed by atoms with van der Waals surface area (Å²) in [4.78, 5) is 0. The van der Waals surface area contributed by atoms with Crippen LogP contribution < -0.4 is 11.1 Å². The number of unbranched alkanes of at least 4 members (excludes halogenated alkanes) is 1. The van der Waals surface area contributed by atoms with Crippen LogP contribution >= 0.6 is 0 Å². The van der Waals surface area contributed by atoms with Crippen LogP contribution in [0.25, 0.3) is 0 Å². The number of nitrogens with one attached hydrogen (secondary N) is 1. The SMILES string of the molecule is CCCCC(C)NCC(N)Cc1ccccc1. The van der Waals surface area contributed by atoms with Crippen molar-refractivity contribution < 1.29 is 0 Å². The molecule has 0 aliphatic rings. The number of hydrogen-bond donors (Lipinski definition) is 2. The minimum Gasteiger partial charge on any atom is -0.326 e. The maximum atomic E-state index is 6.12. The molecule has 2 atom stereocenters. The predicted octanol–water partition coefficient (Wildman–Crippen LogP) is 2.72. The summed E-state index contributed by atoms with van der Waals surface area (Å²) in [6.45, 7) is 5.37. The zero-order valence-corrected chi connectivity index (χ0v) is 11.2. The van der Waals surface area contributed by atoms with E-state index in [0.717, 1.165) is 13.0 Å². The van der Waals surface area contributed by atoms with Crippen molar-refractivity contribution in [2.75, 3.05) is 6.54 Å². The molecule has 0 aromatic heterocycles. The summed E-state index contributed by atoms with van der Waals surface area (Å²) < 4.78 is 0. The topological polar surface area (TPSA) is 38.0 Å². The summed E-state index contributed by atoms with van der Waals surface area (Å²) in [5, 5.41) is 3.51. The normalized spacial score (nSPS) is 14.5. The fourth-order valence-electron chi connectivity index (χ4n) is 1.95. The average Bonchev–Trinajstić information content (AvgIpc) is 2.35. The summed E-state index contributed by atoms with van der Waals surface area (Å²) in [5.41, 5.74) is 7.44. The largest absolute Gasteiger partial charge is 0.326 e. The van der Waals surface area contributed by atoms with E-state index in [4.69, 9.17) is 5.73 Å². The first kappa shape index (κ1) is 14.2. The molecule has 3 N–H and O–H groups in total. The van der Waals surface area contributed by atoms with Gasteiger partial charge in [-0.05, 0) is 25.3 Å². The molecule has 0 radical (unpaired) electrons. The van der Waals surface area contributed by atoms with Gasteiger partial charge in [0.15, 0.2) is 0 Å². The first-order valence-corrected chi connectivity index (χ1v) is 6.75. The van der Waals surface area contributed by atoms with Crippen molar-refractivity contribution in [2.45, 2.75) is 51.6 Å². The molecule has 96 valence electrons. The molecule has 0 bridgehead atoms. The molecule has 0 spiro atoms.